The normalized spacial score (nSPS) is 11.5. The summed E-state index contributed by atoms with van der Waals surface area (Å²) in [4.78, 5) is 2.33. The monoisotopic (exact) mass is 805 g/mol. The number of para-hydroxylation sites is 1. The molecule has 12 rings (SSSR count). The summed E-state index contributed by atoms with van der Waals surface area (Å²) in [5, 5.41) is 4.30. The average Bonchev–Trinajstić information content (AvgIpc) is 3.94. The molecular weight excluding hydrogens is 767 g/mol. The molecule has 10 aromatic carbocycles. The molecule has 0 spiro atoms. The van der Waals surface area contributed by atoms with Crippen LogP contribution < -0.4 is 4.90 Å². The molecule has 0 amide bonds. The number of hydrogen-bond acceptors (Lipinski definition) is 3. The lowest BCUT2D eigenvalue weighted by molar-refractivity contribution is 0.663. The maximum absolute atomic E-state index is 6.95. The summed E-state index contributed by atoms with van der Waals surface area (Å²) in [5.74, 6) is 0. The molecule has 0 aliphatic rings. The van der Waals surface area contributed by atoms with Gasteiger partial charge < -0.3 is 13.7 Å². The molecule has 63 heavy (non-hydrogen) atoms. The second-order valence-corrected chi connectivity index (χ2v) is 16.0. The molecule has 0 N–H and O–H groups in total. The molecule has 0 fully saturated rings. The van der Waals surface area contributed by atoms with E-state index in [1.54, 1.807) is 0 Å². The van der Waals surface area contributed by atoms with E-state index in [-0.39, 0.29) is 0 Å². The van der Waals surface area contributed by atoms with E-state index in [4.69, 9.17) is 8.83 Å². The van der Waals surface area contributed by atoms with Gasteiger partial charge in [-0.3, -0.25) is 0 Å². The highest BCUT2D eigenvalue weighted by atomic mass is 16.3. The zero-order valence-electron chi connectivity index (χ0n) is 34.3. The number of hydrogen-bond donors (Lipinski definition) is 0. The Balaban J connectivity index is 1.00. The van der Waals surface area contributed by atoms with Crippen LogP contribution in [0.3, 0.4) is 0 Å². The molecule has 3 nitrogen and oxygen atoms in total. The van der Waals surface area contributed by atoms with Crippen molar-refractivity contribution in [3.8, 4) is 55.6 Å². The van der Waals surface area contributed by atoms with E-state index in [0.29, 0.717) is 0 Å². The molecule has 0 unspecified atom stereocenters. The number of anilines is 3. The number of furan rings is 2. The van der Waals surface area contributed by atoms with E-state index in [1.807, 2.05) is 24.3 Å². The molecule has 3 heteroatoms. The van der Waals surface area contributed by atoms with Gasteiger partial charge in [0.15, 0.2) is 0 Å². The van der Waals surface area contributed by atoms with Gasteiger partial charge in [0.2, 0.25) is 0 Å². The third-order valence-corrected chi connectivity index (χ3v) is 12.3. The molecule has 0 atom stereocenters. The first-order valence-electron chi connectivity index (χ1n) is 21.4. The van der Waals surface area contributed by atoms with Crippen molar-refractivity contribution in [2.75, 3.05) is 4.90 Å². The third-order valence-electron chi connectivity index (χ3n) is 12.3. The summed E-state index contributed by atoms with van der Waals surface area (Å²) in [6.07, 6.45) is 0. The van der Waals surface area contributed by atoms with Gasteiger partial charge in [0, 0.05) is 44.2 Å². The quantitative estimate of drug-likeness (QED) is 0.153. The van der Waals surface area contributed by atoms with Crippen LogP contribution in [-0.4, -0.2) is 0 Å². The highest BCUT2D eigenvalue weighted by Crippen LogP contribution is 2.47. The van der Waals surface area contributed by atoms with E-state index in [0.717, 1.165) is 83.2 Å². The Hall–Kier alpha value is -8.40. The lowest BCUT2D eigenvalue weighted by Crippen LogP contribution is -2.09. The third kappa shape index (κ3) is 6.46. The summed E-state index contributed by atoms with van der Waals surface area (Å²) in [5.41, 5.74) is 18.1. The predicted molar refractivity (Wildman–Crippen MR) is 263 cm³/mol. The second kappa shape index (κ2) is 15.3. The van der Waals surface area contributed by atoms with E-state index in [1.165, 1.54) is 33.4 Å². The second-order valence-electron chi connectivity index (χ2n) is 16.0. The molecule has 12 aromatic rings. The van der Waals surface area contributed by atoms with Gasteiger partial charge >= 0.3 is 0 Å². The Bertz CT molecular complexity index is 3470. The van der Waals surface area contributed by atoms with Gasteiger partial charge in [-0.1, -0.05) is 176 Å². The Morgan fingerprint density at radius 3 is 1.17 bits per heavy atom. The first kappa shape index (κ1) is 36.5. The van der Waals surface area contributed by atoms with Gasteiger partial charge in [-0.2, -0.15) is 0 Å². The van der Waals surface area contributed by atoms with Gasteiger partial charge in [-0.25, -0.2) is 0 Å². The summed E-state index contributed by atoms with van der Waals surface area (Å²) in [7, 11) is 0. The van der Waals surface area contributed by atoms with Crippen molar-refractivity contribution < 1.29 is 8.83 Å². The SMILES string of the molecule is c1ccc(-c2ccc(-c3c(-c4ccc(N(c5ccc(-c6ccccc6)cc5)c5ccc(-c6ccccc6)cc5)cc4)ccc4c3oc3ccc5oc6ccccc6c5c34)cc2)cc1. The molecule has 296 valence electrons. The lowest BCUT2D eigenvalue weighted by atomic mass is 9.91. The highest BCUT2D eigenvalue weighted by molar-refractivity contribution is 6.27. The van der Waals surface area contributed by atoms with Crippen LogP contribution in [0, 0.1) is 0 Å². The minimum Gasteiger partial charge on any atom is -0.456 e. The van der Waals surface area contributed by atoms with Crippen LogP contribution in [0.15, 0.2) is 245 Å². The van der Waals surface area contributed by atoms with E-state index in [9.17, 15) is 0 Å². The minimum atomic E-state index is 0.839. The Kier molecular flexibility index (Phi) is 8.83. The van der Waals surface area contributed by atoms with Gasteiger partial charge in [0.25, 0.3) is 0 Å². The molecule has 2 heterocycles. The molecular formula is C60H39NO2. The van der Waals surface area contributed by atoms with Crippen LogP contribution in [0.5, 0.6) is 0 Å². The zero-order valence-corrected chi connectivity index (χ0v) is 34.3. The number of rotatable bonds is 8. The average molecular weight is 806 g/mol. The van der Waals surface area contributed by atoms with Crippen molar-refractivity contribution in [2.24, 2.45) is 0 Å². The molecule has 0 saturated carbocycles. The summed E-state index contributed by atoms with van der Waals surface area (Å²) < 4.78 is 13.3. The van der Waals surface area contributed by atoms with Crippen LogP contribution >= 0.6 is 0 Å². The molecule has 0 aliphatic heterocycles. The van der Waals surface area contributed by atoms with Crippen LogP contribution in [-0.2, 0) is 0 Å². The van der Waals surface area contributed by atoms with Crippen molar-refractivity contribution in [3.63, 3.8) is 0 Å². The largest absolute Gasteiger partial charge is 0.456 e. The van der Waals surface area contributed by atoms with Crippen LogP contribution in [0.25, 0.3) is 99.5 Å². The van der Waals surface area contributed by atoms with Gasteiger partial charge in [-0.15, -0.1) is 0 Å². The number of benzene rings is 10. The highest BCUT2D eigenvalue weighted by Gasteiger charge is 2.22. The Morgan fingerprint density at radius 2 is 0.651 bits per heavy atom. The smallest absolute Gasteiger partial charge is 0.143 e. The van der Waals surface area contributed by atoms with Crippen molar-refractivity contribution in [1.82, 2.24) is 0 Å². The molecule has 2 aromatic heterocycles. The first-order chi connectivity index (χ1) is 31.2. The van der Waals surface area contributed by atoms with Gasteiger partial charge in [0.05, 0.1) is 0 Å². The van der Waals surface area contributed by atoms with Crippen molar-refractivity contribution >= 4 is 60.9 Å². The molecule has 0 saturated heterocycles. The Labute approximate surface area is 365 Å². The standard InChI is InChI=1S/C60H39NO2/c1-4-12-40(13-5-1)43-20-22-47(23-21-43)57-51(36-37-53-59-56(63-60(53)57)39-38-55-58(59)52-18-10-11-19-54(52)62-55)46-28-34-50(35-29-46)61(48-30-24-44(25-31-48)41-14-6-2-7-15-41)49-32-26-45(27-33-49)42-16-8-3-9-17-42/h1-39H. The summed E-state index contributed by atoms with van der Waals surface area (Å²) in [6.45, 7) is 0. The first-order valence-corrected chi connectivity index (χ1v) is 21.4. The fraction of sp³-hybridized carbons (Fsp3) is 0. The number of fused-ring (bicyclic) bond motifs is 7. The van der Waals surface area contributed by atoms with Crippen molar-refractivity contribution in [1.29, 1.82) is 0 Å². The van der Waals surface area contributed by atoms with E-state index < -0.39 is 0 Å². The van der Waals surface area contributed by atoms with Crippen molar-refractivity contribution in [2.45, 2.75) is 0 Å². The topological polar surface area (TPSA) is 29.5 Å². The molecule has 0 bridgehead atoms. The summed E-state index contributed by atoms with van der Waals surface area (Å²) >= 11 is 0. The fourth-order valence-corrected chi connectivity index (χ4v) is 9.24. The maximum Gasteiger partial charge on any atom is 0.143 e. The fourth-order valence-electron chi connectivity index (χ4n) is 9.24. The lowest BCUT2D eigenvalue weighted by Gasteiger charge is -2.26. The molecule has 0 radical (unpaired) electrons. The van der Waals surface area contributed by atoms with Gasteiger partial charge in [0.1, 0.15) is 22.3 Å². The van der Waals surface area contributed by atoms with Crippen LogP contribution in [0.4, 0.5) is 17.1 Å². The zero-order chi connectivity index (χ0) is 41.7. The van der Waals surface area contributed by atoms with Crippen molar-refractivity contribution in [3.05, 3.63) is 237 Å². The minimum absolute atomic E-state index is 0.839. The number of nitrogens with zero attached hydrogens (tertiary/aromatic N) is 1. The Morgan fingerprint density at radius 1 is 0.254 bits per heavy atom. The predicted octanol–water partition coefficient (Wildman–Crippen LogP) is 17.3. The van der Waals surface area contributed by atoms with Crippen LogP contribution in [0.1, 0.15) is 0 Å². The van der Waals surface area contributed by atoms with Gasteiger partial charge in [-0.05, 0) is 111 Å². The van der Waals surface area contributed by atoms with E-state index >= 15 is 0 Å². The molecule has 0 aliphatic carbocycles. The van der Waals surface area contributed by atoms with Crippen LogP contribution in [0.2, 0.25) is 0 Å². The maximum atomic E-state index is 6.95. The summed E-state index contributed by atoms with van der Waals surface area (Å²) in [6, 6.07) is 84.0. The van der Waals surface area contributed by atoms with E-state index in [2.05, 4.69) is 217 Å².